The van der Waals surface area contributed by atoms with Crippen molar-refractivity contribution in [3.63, 3.8) is 0 Å². The number of anilines is 1. The lowest BCUT2D eigenvalue weighted by Crippen LogP contribution is -1.84. The van der Waals surface area contributed by atoms with Crippen LogP contribution in [0.5, 0.6) is 0 Å². The first-order valence-electron chi connectivity index (χ1n) is 3.31. The minimum absolute atomic E-state index is 0.370. The van der Waals surface area contributed by atoms with Crippen molar-refractivity contribution in [1.29, 1.82) is 5.26 Å². The molecule has 0 amide bonds. The lowest BCUT2D eigenvalue weighted by molar-refractivity contribution is 1.10. The molecule has 0 bridgehead atoms. The van der Waals surface area contributed by atoms with E-state index >= 15 is 0 Å². The molecule has 58 valence electrons. The molecule has 12 heavy (non-hydrogen) atoms. The number of aromatic nitrogens is 3. The molecule has 0 fully saturated rings. The predicted molar refractivity (Wildman–Crippen MR) is 43.0 cm³/mol. The van der Waals surface area contributed by atoms with Gasteiger partial charge < -0.3 is 5.73 Å². The Labute approximate surface area is 67.8 Å². The van der Waals surface area contributed by atoms with Gasteiger partial charge >= 0.3 is 0 Å². The summed E-state index contributed by atoms with van der Waals surface area (Å²) in [5.74, 6) is 0.370. The Balaban J connectivity index is 2.82. The number of pyridine rings is 1. The van der Waals surface area contributed by atoms with Crippen LogP contribution >= 0.6 is 0 Å². The maximum atomic E-state index is 8.56. The molecule has 2 rings (SSSR count). The molecule has 5 heteroatoms. The molecule has 0 atom stereocenters. The molecule has 0 spiro atoms. The summed E-state index contributed by atoms with van der Waals surface area (Å²) in [6.07, 6.45) is 1.47. The monoisotopic (exact) mass is 159 g/mol. The number of hydrogen-bond acceptors (Lipinski definition) is 4. The van der Waals surface area contributed by atoms with Gasteiger partial charge in [-0.05, 0) is 6.07 Å². The standard InChI is InChI=1S/C7H5N5/c8-2-4-1-5-6(9)11-12-7(5)10-3-4/h1,3H,(H3,9,10,11,12). The summed E-state index contributed by atoms with van der Waals surface area (Å²) in [6, 6.07) is 3.63. The van der Waals surface area contributed by atoms with E-state index in [1.807, 2.05) is 6.07 Å². The van der Waals surface area contributed by atoms with Gasteiger partial charge in [0.2, 0.25) is 0 Å². The summed E-state index contributed by atoms with van der Waals surface area (Å²) in [5, 5.41) is 15.6. The molecular formula is C7H5N5. The molecule has 0 saturated carbocycles. The van der Waals surface area contributed by atoms with E-state index in [2.05, 4.69) is 15.2 Å². The van der Waals surface area contributed by atoms with Gasteiger partial charge in [0.25, 0.3) is 0 Å². The van der Waals surface area contributed by atoms with Gasteiger partial charge in [0.05, 0.1) is 10.9 Å². The van der Waals surface area contributed by atoms with Gasteiger partial charge in [-0.1, -0.05) is 0 Å². The number of rotatable bonds is 0. The van der Waals surface area contributed by atoms with Crippen LogP contribution in [0.15, 0.2) is 12.3 Å². The maximum absolute atomic E-state index is 8.56. The summed E-state index contributed by atoms with van der Waals surface area (Å²) in [5.41, 5.74) is 6.59. The zero-order chi connectivity index (χ0) is 8.55. The number of nitrogens with zero attached hydrogens (tertiary/aromatic N) is 3. The SMILES string of the molecule is N#Cc1cnc2[nH]nc(N)c2c1. The smallest absolute Gasteiger partial charge is 0.157 e. The minimum Gasteiger partial charge on any atom is -0.382 e. The highest BCUT2D eigenvalue weighted by Gasteiger charge is 2.02. The first kappa shape index (κ1) is 6.61. The van der Waals surface area contributed by atoms with Crippen LogP contribution in [0.1, 0.15) is 5.56 Å². The van der Waals surface area contributed by atoms with Crippen molar-refractivity contribution in [3.8, 4) is 6.07 Å². The quantitative estimate of drug-likeness (QED) is 0.582. The Hall–Kier alpha value is -2.09. The molecule has 0 radical (unpaired) electrons. The molecular weight excluding hydrogens is 154 g/mol. The summed E-state index contributed by atoms with van der Waals surface area (Å²) in [4.78, 5) is 3.95. The van der Waals surface area contributed by atoms with Crippen LogP contribution in [-0.2, 0) is 0 Å². The van der Waals surface area contributed by atoms with Gasteiger partial charge in [-0.3, -0.25) is 5.10 Å². The van der Waals surface area contributed by atoms with E-state index in [0.29, 0.717) is 22.4 Å². The van der Waals surface area contributed by atoms with E-state index in [1.165, 1.54) is 6.20 Å². The van der Waals surface area contributed by atoms with Crippen LogP contribution in [0, 0.1) is 11.3 Å². The number of aromatic amines is 1. The second-order valence-corrected chi connectivity index (χ2v) is 2.34. The van der Waals surface area contributed by atoms with Crippen LogP contribution in [0.2, 0.25) is 0 Å². The van der Waals surface area contributed by atoms with Crippen LogP contribution in [0.3, 0.4) is 0 Å². The summed E-state index contributed by atoms with van der Waals surface area (Å²) in [6.45, 7) is 0. The number of nitrogens with two attached hydrogens (primary N) is 1. The van der Waals surface area contributed by atoms with Gasteiger partial charge in [0.1, 0.15) is 6.07 Å². The molecule has 0 aliphatic heterocycles. The van der Waals surface area contributed by atoms with Crippen LogP contribution in [-0.4, -0.2) is 15.2 Å². The van der Waals surface area contributed by atoms with E-state index in [4.69, 9.17) is 11.0 Å². The third-order valence-corrected chi connectivity index (χ3v) is 1.58. The molecule has 2 aromatic rings. The topological polar surface area (TPSA) is 91.4 Å². The fraction of sp³-hybridized carbons (Fsp3) is 0. The van der Waals surface area contributed by atoms with E-state index in [9.17, 15) is 0 Å². The van der Waals surface area contributed by atoms with E-state index in [-0.39, 0.29) is 0 Å². The van der Waals surface area contributed by atoms with E-state index < -0.39 is 0 Å². The summed E-state index contributed by atoms with van der Waals surface area (Å²) >= 11 is 0. The van der Waals surface area contributed by atoms with Gasteiger partial charge in [-0.2, -0.15) is 10.4 Å². The Morgan fingerprint density at radius 3 is 3.17 bits per heavy atom. The normalized spacial score (nSPS) is 9.92. The van der Waals surface area contributed by atoms with Crippen molar-refractivity contribution in [1.82, 2.24) is 15.2 Å². The lowest BCUT2D eigenvalue weighted by atomic mass is 10.2. The Morgan fingerprint density at radius 1 is 1.58 bits per heavy atom. The Kier molecular flexibility index (Phi) is 1.21. The predicted octanol–water partition coefficient (Wildman–Crippen LogP) is 0.412. The van der Waals surface area contributed by atoms with Crippen molar-refractivity contribution < 1.29 is 0 Å². The van der Waals surface area contributed by atoms with Crippen molar-refractivity contribution in [3.05, 3.63) is 17.8 Å². The highest BCUT2D eigenvalue weighted by atomic mass is 15.2. The van der Waals surface area contributed by atoms with Crippen molar-refractivity contribution in [2.24, 2.45) is 0 Å². The van der Waals surface area contributed by atoms with Crippen molar-refractivity contribution in [2.75, 3.05) is 5.73 Å². The molecule has 0 saturated heterocycles. The number of fused-ring (bicyclic) bond motifs is 1. The second-order valence-electron chi connectivity index (χ2n) is 2.34. The van der Waals surface area contributed by atoms with Gasteiger partial charge in [-0.15, -0.1) is 0 Å². The summed E-state index contributed by atoms with van der Waals surface area (Å²) < 4.78 is 0. The molecule has 2 heterocycles. The van der Waals surface area contributed by atoms with Crippen molar-refractivity contribution >= 4 is 16.9 Å². The van der Waals surface area contributed by atoms with Crippen LogP contribution in [0.25, 0.3) is 11.0 Å². The largest absolute Gasteiger partial charge is 0.382 e. The second kappa shape index (κ2) is 2.20. The first-order valence-corrected chi connectivity index (χ1v) is 3.31. The maximum Gasteiger partial charge on any atom is 0.157 e. The molecule has 5 nitrogen and oxygen atoms in total. The van der Waals surface area contributed by atoms with Crippen LogP contribution < -0.4 is 5.73 Å². The van der Waals surface area contributed by atoms with Gasteiger partial charge in [0.15, 0.2) is 11.5 Å². The third-order valence-electron chi connectivity index (χ3n) is 1.58. The fourth-order valence-corrected chi connectivity index (χ4v) is 0.984. The molecule has 2 aromatic heterocycles. The first-order chi connectivity index (χ1) is 5.81. The average Bonchev–Trinajstić information content (AvgIpc) is 2.47. The van der Waals surface area contributed by atoms with Gasteiger partial charge in [0, 0.05) is 6.20 Å². The zero-order valence-corrected chi connectivity index (χ0v) is 6.07. The lowest BCUT2D eigenvalue weighted by Gasteiger charge is -1.88. The number of nitrogens with one attached hydrogen (secondary N) is 1. The molecule has 0 unspecified atom stereocenters. The van der Waals surface area contributed by atoms with Crippen molar-refractivity contribution in [2.45, 2.75) is 0 Å². The van der Waals surface area contributed by atoms with E-state index in [1.54, 1.807) is 6.07 Å². The highest BCUT2D eigenvalue weighted by molar-refractivity contribution is 5.86. The average molecular weight is 159 g/mol. The Morgan fingerprint density at radius 2 is 2.42 bits per heavy atom. The minimum atomic E-state index is 0.370. The molecule has 0 aliphatic carbocycles. The number of nitrogen functional groups attached to an aromatic ring is 1. The fourth-order valence-electron chi connectivity index (χ4n) is 0.984. The highest BCUT2D eigenvalue weighted by Crippen LogP contribution is 2.15. The molecule has 3 N–H and O–H groups in total. The van der Waals surface area contributed by atoms with Gasteiger partial charge in [-0.25, -0.2) is 4.98 Å². The van der Waals surface area contributed by atoms with Crippen LogP contribution in [0.4, 0.5) is 5.82 Å². The van der Waals surface area contributed by atoms with E-state index in [0.717, 1.165) is 0 Å². The number of H-pyrrole nitrogens is 1. The number of hydrogen-bond donors (Lipinski definition) is 2. The number of nitriles is 1. The molecule has 0 aliphatic rings. The summed E-state index contributed by atoms with van der Waals surface area (Å²) in [7, 11) is 0. The third kappa shape index (κ3) is 0.787. The Bertz CT molecular complexity index is 464. The zero-order valence-electron chi connectivity index (χ0n) is 6.07. The molecule has 0 aromatic carbocycles.